The maximum Gasteiger partial charge on any atom is 0.225 e. The van der Waals surface area contributed by atoms with E-state index in [2.05, 4.69) is 23.5 Å². The molecule has 6 nitrogen and oxygen atoms in total. The third-order valence-corrected chi connectivity index (χ3v) is 4.49. The highest BCUT2D eigenvalue weighted by atomic mass is 16.5. The summed E-state index contributed by atoms with van der Waals surface area (Å²) in [6, 6.07) is 0.452. The quantitative estimate of drug-likeness (QED) is 0.827. The maximum atomic E-state index is 12.1. The van der Waals surface area contributed by atoms with E-state index in [-0.39, 0.29) is 11.8 Å². The summed E-state index contributed by atoms with van der Waals surface area (Å²) >= 11 is 0. The first kappa shape index (κ1) is 17.9. The zero-order valence-electron chi connectivity index (χ0n) is 14.8. The Hall–Kier alpha value is -1.40. The van der Waals surface area contributed by atoms with Gasteiger partial charge in [-0.05, 0) is 12.3 Å². The molecule has 1 N–H and O–H groups in total. The van der Waals surface area contributed by atoms with Crippen LogP contribution in [0.2, 0.25) is 0 Å². The molecule has 1 fully saturated rings. The second-order valence-electron chi connectivity index (χ2n) is 6.80. The van der Waals surface area contributed by atoms with Crippen LogP contribution in [0.25, 0.3) is 0 Å². The molecular weight excluding hydrogens is 292 g/mol. The Balaban J connectivity index is 1.78. The van der Waals surface area contributed by atoms with Crippen molar-refractivity contribution in [1.29, 1.82) is 0 Å². The Morgan fingerprint density at radius 3 is 2.96 bits per heavy atom. The SMILES string of the molecule is COCCn1cc(CN[C@@H]2CCN(C(=O)C(C)C)C[C@H]2C)cn1. The number of carbonyl (C=O) groups is 1. The van der Waals surface area contributed by atoms with Crippen LogP contribution in [0.15, 0.2) is 12.4 Å². The topological polar surface area (TPSA) is 59.4 Å². The van der Waals surface area contributed by atoms with E-state index in [4.69, 9.17) is 4.74 Å². The van der Waals surface area contributed by atoms with Gasteiger partial charge in [0.05, 0.1) is 19.3 Å². The standard InChI is InChI=1S/C17H30N4O2/c1-13(2)17(22)20-6-5-16(14(3)11-20)18-9-15-10-19-21(12-15)7-8-23-4/h10,12-14,16,18H,5-9,11H2,1-4H3/t14-,16-/m1/s1. The van der Waals surface area contributed by atoms with Crippen molar-refractivity contribution < 1.29 is 9.53 Å². The van der Waals surface area contributed by atoms with E-state index < -0.39 is 0 Å². The first-order chi connectivity index (χ1) is 11.0. The monoisotopic (exact) mass is 322 g/mol. The predicted octanol–water partition coefficient (Wildman–Crippen LogP) is 1.51. The molecule has 0 saturated carbocycles. The fourth-order valence-electron chi connectivity index (χ4n) is 3.07. The Morgan fingerprint density at radius 1 is 1.52 bits per heavy atom. The highest BCUT2D eigenvalue weighted by molar-refractivity contribution is 5.78. The van der Waals surface area contributed by atoms with Crippen molar-refractivity contribution in [3.63, 3.8) is 0 Å². The number of methoxy groups -OCH3 is 1. The molecule has 130 valence electrons. The van der Waals surface area contributed by atoms with Crippen LogP contribution in [-0.4, -0.2) is 53.4 Å². The molecule has 6 heteroatoms. The second kappa shape index (κ2) is 8.45. The van der Waals surface area contributed by atoms with Crippen molar-refractivity contribution in [2.24, 2.45) is 11.8 Å². The lowest BCUT2D eigenvalue weighted by atomic mass is 9.93. The highest BCUT2D eigenvalue weighted by Crippen LogP contribution is 2.19. The molecule has 23 heavy (non-hydrogen) atoms. The average Bonchev–Trinajstić information content (AvgIpc) is 2.98. The van der Waals surface area contributed by atoms with Crippen LogP contribution in [0.4, 0.5) is 0 Å². The normalized spacial score (nSPS) is 21.9. The molecule has 0 aromatic carbocycles. The van der Waals surface area contributed by atoms with Crippen LogP contribution in [0.5, 0.6) is 0 Å². The van der Waals surface area contributed by atoms with Gasteiger partial charge >= 0.3 is 0 Å². The largest absolute Gasteiger partial charge is 0.383 e. The second-order valence-corrected chi connectivity index (χ2v) is 6.80. The molecule has 0 radical (unpaired) electrons. The minimum absolute atomic E-state index is 0.0876. The first-order valence-electron chi connectivity index (χ1n) is 8.53. The maximum absolute atomic E-state index is 12.1. The summed E-state index contributed by atoms with van der Waals surface area (Å²) in [6.45, 7) is 10.1. The van der Waals surface area contributed by atoms with E-state index in [1.54, 1.807) is 7.11 Å². The Morgan fingerprint density at radius 2 is 2.30 bits per heavy atom. The number of ether oxygens (including phenoxy) is 1. The molecule has 1 aromatic heterocycles. The van der Waals surface area contributed by atoms with E-state index in [0.29, 0.717) is 18.6 Å². The minimum atomic E-state index is 0.0876. The van der Waals surface area contributed by atoms with Gasteiger partial charge in [-0.15, -0.1) is 0 Å². The fourth-order valence-corrected chi connectivity index (χ4v) is 3.07. The fraction of sp³-hybridized carbons (Fsp3) is 0.765. The molecule has 0 aliphatic carbocycles. The van der Waals surface area contributed by atoms with E-state index in [1.165, 1.54) is 5.56 Å². The van der Waals surface area contributed by atoms with Crippen molar-refractivity contribution in [2.75, 3.05) is 26.8 Å². The number of hydrogen-bond acceptors (Lipinski definition) is 4. The number of likely N-dealkylation sites (tertiary alicyclic amines) is 1. The van der Waals surface area contributed by atoms with Gasteiger partial charge in [-0.1, -0.05) is 20.8 Å². The van der Waals surface area contributed by atoms with Crippen molar-refractivity contribution in [3.05, 3.63) is 18.0 Å². The molecule has 0 bridgehead atoms. The van der Waals surface area contributed by atoms with E-state index >= 15 is 0 Å². The lowest BCUT2D eigenvalue weighted by molar-refractivity contribution is -0.136. The van der Waals surface area contributed by atoms with Crippen LogP contribution in [-0.2, 0) is 22.6 Å². The van der Waals surface area contributed by atoms with Crippen molar-refractivity contribution in [1.82, 2.24) is 20.0 Å². The van der Waals surface area contributed by atoms with Crippen LogP contribution in [0.1, 0.15) is 32.8 Å². The zero-order chi connectivity index (χ0) is 16.8. The Labute approximate surface area is 139 Å². The van der Waals surface area contributed by atoms with Crippen molar-refractivity contribution in [2.45, 2.75) is 46.3 Å². The summed E-state index contributed by atoms with van der Waals surface area (Å²) in [5.41, 5.74) is 1.19. The third-order valence-electron chi connectivity index (χ3n) is 4.49. The number of aromatic nitrogens is 2. The van der Waals surface area contributed by atoms with Gasteiger partial charge in [0.15, 0.2) is 0 Å². The van der Waals surface area contributed by atoms with E-state index in [9.17, 15) is 4.79 Å². The molecule has 2 atom stereocenters. The van der Waals surface area contributed by atoms with Gasteiger partial charge < -0.3 is 15.0 Å². The Bertz CT molecular complexity index is 501. The molecule has 0 unspecified atom stereocenters. The van der Waals surface area contributed by atoms with Crippen LogP contribution >= 0.6 is 0 Å². The number of carbonyl (C=O) groups excluding carboxylic acids is 1. The number of amides is 1. The molecule has 1 aromatic rings. The average molecular weight is 322 g/mol. The van der Waals surface area contributed by atoms with Gasteiger partial charge in [-0.3, -0.25) is 9.48 Å². The lowest BCUT2D eigenvalue weighted by Gasteiger charge is -2.38. The predicted molar refractivity (Wildman–Crippen MR) is 89.9 cm³/mol. The van der Waals surface area contributed by atoms with Crippen LogP contribution in [0.3, 0.4) is 0 Å². The van der Waals surface area contributed by atoms with Gasteiger partial charge in [0.2, 0.25) is 5.91 Å². The summed E-state index contributed by atoms with van der Waals surface area (Å²) in [4.78, 5) is 14.1. The molecule has 0 spiro atoms. The number of nitrogens with zero attached hydrogens (tertiary/aromatic N) is 3. The molecule has 1 aliphatic rings. The Kier molecular flexibility index (Phi) is 6.59. The number of rotatable bonds is 7. The molecular formula is C17H30N4O2. The first-order valence-corrected chi connectivity index (χ1v) is 8.53. The summed E-state index contributed by atoms with van der Waals surface area (Å²) in [7, 11) is 1.70. The molecule has 1 saturated heterocycles. The van der Waals surface area contributed by atoms with Gasteiger partial charge in [0.1, 0.15) is 0 Å². The summed E-state index contributed by atoms with van der Waals surface area (Å²) in [6.07, 6.45) is 4.98. The summed E-state index contributed by atoms with van der Waals surface area (Å²) in [5, 5.41) is 7.96. The molecule has 2 rings (SSSR count). The summed E-state index contributed by atoms with van der Waals surface area (Å²) in [5.74, 6) is 0.828. The zero-order valence-corrected chi connectivity index (χ0v) is 14.8. The summed E-state index contributed by atoms with van der Waals surface area (Å²) < 4.78 is 6.97. The van der Waals surface area contributed by atoms with Gasteiger partial charge in [-0.2, -0.15) is 5.10 Å². The van der Waals surface area contributed by atoms with E-state index in [0.717, 1.165) is 32.6 Å². The van der Waals surface area contributed by atoms with Gasteiger partial charge in [0.25, 0.3) is 0 Å². The van der Waals surface area contributed by atoms with E-state index in [1.807, 2.05) is 29.6 Å². The smallest absolute Gasteiger partial charge is 0.225 e. The van der Waals surface area contributed by atoms with Crippen LogP contribution in [0, 0.1) is 11.8 Å². The third kappa shape index (κ3) is 5.04. The van der Waals surface area contributed by atoms with Gasteiger partial charge in [0, 0.05) is 50.5 Å². The lowest BCUT2D eigenvalue weighted by Crippen LogP contribution is -2.50. The molecule has 1 aliphatic heterocycles. The minimum Gasteiger partial charge on any atom is -0.383 e. The van der Waals surface area contributed by atoms with Gasteiger partial charge in [-0.25, -0.2) is 0 Å². The molecule has 1 amide bonds. The van der Waals surface area contributed by atoms with Crippen molar-refractivity contribution >= 4 is 5.91 Å². The molecule has 2 heterocycles. The number of nitrogens with one attached hydrogen (secondary N) is 1. The van der Waals surface area contributed by atoms with Crippen molar-refractivity contribution in [3.8, 4) is 0 Å². The van der Waals surface area contributed by atoms with Crippen LogP contribution < -0.4 is 5.32 Å². The number of piperidine rings is 1. The highest BCUT2D eigenvalue weighted by Gasteiger charge is 2.29. The number of hydrogen-bond donors (Lipinski definition) is 1.